The van der Waals surface area contributed by atoms with Gasteiger partial charge in [0, 0.05) is 17.2 Å². The highest BCUT2D eigenvalue weighted by molar-refractivity contribution is 6.32. The first-order valence-corrected chi connectivity index (χ1v) is 8.96. The van der Waals surface area contributed by atoms with E-state index in [1.165, 1.54) is 12.1 Å². The number of halogens is 1. The number of nitrogens with one attached hydrogen (secondary N) is 1. The Balaban J connectivity index is 1.92. The summed E-state index contributed by atoms with van der Waals surface area (Å²) in [6.45, 7) is 4.59. The molecule has 0 saturated carbocycles. The van der Waals surface area contributed by atoms with Crippen LogP contribution in [0.25, 0.3) is 0 Å². The molecule has 2 aromatic carbocycles. The van der Waals surface area contributed by atoms with Crippen LogP contribution in [-0.2, 0) is 9.53 Å². The number of carbonyl (C=O) groups is 3. The second kappa shape index (κ2) is 9.29. The average Bonchev–Trinajstić information content (AvgIpc) is 2.63. The van der Waals surface area contributed by atoms with Crippen LogP contribution in [0, 0.1) is 30.9 Å². The normalized spacial score (nSPS) is 10.3. The lowest BCUT2D eigenvalue weighted by Gasteiger charge is -2.11. The number of Topliss-reactive ketones (excluding diaryl/α,β-unsaturated/α-hetero) is 1. The zero-order valence-electron chi connectivity index (χ0n) is 16.1. The van der Waals surface area contributed by atoms with E-state index in [0.717, 1.165) is 22.8 Å². The Labute approximate surface area is 172 Å². The predicted molar refractivity (Wildman–Crippen MR) is 106 cm³/mol. The quantitative estimate of drug-likeness (QED) is 0.319. The number of nitro benzene ring substituents is 1. The van der Waals surface area contributed by atoms with Crippen molar-refractivity contribution in [1.29, 1.82) is 0 Å². The van der Waals surface area contributed by atoms with E-state index in [9.17, 15) is 24.5 Å². The lowest BCUT2D eigenvalue weighted by Crippen LogP contribution is -2.31. The molecule has 0 radical (unpaired) electrons. The van der Waals surface area contributed by atoms with E-state index in [1.54, 1.807) is 13.8 Å². The van der Waals surface area contributed by atoms with Gasteiger partial charge < -0.3 is 10.1 Å². The standard InChI is InChI=1S/C20H19ClN2O6/c1-11-6-12(2)19(13(3)7-11)17(24)10-29-18(25)9-22-20(26)14-4-5-15(21)16(8-14)23(27)28/h4-8H,9-10H2,1-3H3,(H,22,26). The van der Waals surface area contributed by atoms with Crippen LogP contribution < -0.4 is 5.32 Å². The van der Waals surface area contributed by atoms with Gasteiger partial charge in [0.2, 0.25) is 5.78 Å². The summed E-state index contributed by atoms with van der Waals surface area (Å²) in [5.74, 6) is -1.86. The minimum absolute atomic E-state index is 0.0316. The Morgan fingerprint density at radius 2 is 1.72 bits per heavy atom. The number of esters is 1. The van der Waals surface area contributed by atoms with Crippen LogP contribution in [0.15, 0.2) is 30.3 Å². The largest absolute Gasteiger partial charge is 0.456 e. The summed E-state index contributed by atoms with van der Waals surface area (Å²) in [6, 6.07) is 7.26. The number of hydrogen-bond acceptors (Lipinski definition) is 6. The molecule has 0 aliphatic heterocycles. The van der Waals surface area contributed by atoms with Gasteiger partial charge in [-0.05, 0) is 44.0 Å². The fourth-order valence-electron chi connectivity index (χ4n) is 2.94. The molecule has 0 unspecified atom stereocenters. The number of benzene rings is 2. The van der Waals surface area contributed by atoms with Crippen molar-refractivity contribution < 1.29 is 24.0 Å². The number of carbonyl (C=O) groups excluding carboxylic acids is 3. The molecule has 2 rings (SSSR count). The van der Waals surface area contributed by atoms with Gasteiger partial charge in [-0.3, -0.25) is 24.5 Å². The van der Waals surface area contributed by atoms with Crippen LogP contribution >= 0.6 is 11.6 Å². The molecule has 0 aliphatic rings. The second-order valence-corrected chi connectivity index (χ2v) is 6.87. The molecule has 0 saturated heterocycles. The van der Waals surface area contributed by atoms with Crippen molar-refractivity contribution in [3.05, 3.63) is 73.3 Å². The van der Waals surface area contributed by atoms with Crippen molar-refractivity contribution in [2.24, 2.45) is 0 Å². The lowest BCUT2D eigenvalue weighted by atomic mass is 9.97. The van der Waals surface area contributed by atoms with Crippen LogP contribution in [0.1, 0.15) is 37.4 Å². The van der Waals surface area contributed by atoms with Gasteiger partial charge >= 0.3 is 5.97 Å². The Morgan fingerprint density at radius 1 is 1.10 bits per heavy atom. The fraction of sp³-hybridized carbons (Fsp3) is 0.250. The van der Waals surface area contributed by atoms with Gasteiger partial charge in [0.1, 0.15) is 11.6 Å². The maximum absolute atomic E-state index is 12.4. The minimum atomic E-state index is -0.808. The molecular formula is C20H19ClN2O6. The number of ketones is 1. The van der Waals surface area contributed by atoms with Crippen LogP contribution in [0.3, 0.4) is 0 Å². The molecule has 2 aromatic rings. The zero-order valence-corrected chi connectivity index (χ0v) is 16.8. The minimum Gasteiger partial charge on any atom is -0.456 e. The summed E-state index contributed by atoms with van der Waals surface area (Å²) in [5, 5.41) is 13.1. The lowest BCUT2D eigenvalue weighted by molar-refractivity contribution is -0.384. The maximum Gasteiger partial charge on any atom is 0.325 e. The van der Waals surface area contributed by atoms with E-state index < -0.39 is 35.6 Å². The maximum atomic E-state index is 12.4. The third kappa shape index (κ3) is 5.61. The molecule has 1 N–H and O–H groups in total. The molecule has 0 aromatic heterocycles. The van der Waals surface area contributed by atoms with Gasteiger partial charge in [0.15, 0.2) is 6.61 Å². The molecular weight excluding hydrogens is 400 g/mol. The number of aryl methyl sites for hydroxylation is 3. The van der Waals surface area contributed by atoms with Crippen molar-refractivity contribution in [3.8, 4) is 0 Å². The molecule has 0 heterocycles. The summed E-state index contributed by atoms with van der Waals surface area (Å²) < 4.78 is 4.93. The van der Waals surface area contributed by atoms with E-state index in [1.807, 2.05) is 19.1 Å². The van der Waals surface area contributed by atoms with E-state index in [-0.39, 0.29) is 16.4 Å². The Morgan fingerprint density at radius 3 is 2.31 bits per heavy atom. The summed E-state index contributed by atoms with van der Waals surface area (Å²) in [5.41, 5.74) is 2.66. The number of amides is 1. The third-order valence-electron chi connectivity index (χ3n) is 4.12. The van der Waals surface area contributed by atoms with E-state index in [4.69, 9.17) is 16.3 Å². The van der Waals surface area contributed by atoms with E-state index in [2.05, 4.69) is 5.32 Å². The molecule has 8 nitrogen and oxygen atoms in total. The van der Waals surface area contributed by atoms with Gasteiger partial charge in [-0.1, -0.05) is 29.3 Å². The molecule has 0 fully saturated rings. The van der Waals surface area contributed by atoms with Crippen LogP contribution in [-0.4, -0.2) is 35.7 Å². The first-order chi connectivity index (χ1) is 13.6. The fourth-order valence-corrected chi connectivity index (χ4v) is 3.12. The van der Waals surface area contributed by atoms with Crippen molar-refractivity contribution in [3.63, 3.8) is 0 Å². The smallest absolute Gasteiger partial charge is 0.325 e. The van der Waals surface area contributed by atoms with Crippen LogP contribution in [0.4, 0.5) is 5.69 Å². The highest BCUT2D eigenvalue weighted by Crippen LogP contribution is 2.25. The number of rotatable bonds is 7. The molecule has 1 amide bonds. The van der Waals surface area contributed by atoms with Crippen molar-refractivity contribution in [2.75, 3.05) is 13.2 Å². The molecule has 29 heavy (non-hydrogen) atoms. The highest BCUT2D eigenvalue weighted by atomic mass is 35.5. The van der Waals surface area contributed by atoms with Crippen LogP contribution in [0.5, 0.6) is 0 Å². The van der Waals surface area contributed by atoms with Crippen LogP contribution in [0.2, 0.25) is 5.02 Å². The molecule has 0 spiro atoms. The number of ether oxygens (including phenoxy) is 1. The number of hydrogen-bond donors (Lipinski definition) is 1. The SMILES string of the molecule is Cc1cc(C)c(C(=O)COC(=O)CNC(=O)c2ccc(Cl)c([N+](=O)[O-])c2)c(C)c1. The predicted octanol–water partition coefficient (Wildman–Crippen LogP) is 3.33. The monoisotopic (exact) mass is 418 g/mol. The van der Waals surface area contributed by atoms with Gasteiger partial charge in [-0.25, -0.2) is 0 Å². The summed E-state index contributed by atoms with van der Waals surface area (Å²) in [6.07, 6.45) is 0. The third-order valence-corrected chi connectivity index (χ3v) is 4.44. The molecule has 0 aliphatic carbocycles. The zero-order chi connectivity index (χ0) is 21.7. The summed E-state index contributed by atoms with van der Waals surface area (Å²) in [4.78, 5) is 46.4. The molecule has 0 bridgehead atoms. The summed E-state index contributed by atoms with van der Waals surface area (Å²) >= 11 is 5.70. The van der Waals surface area contributed by atoms with E-state index >= 15 is 0 Å². The van der Waals surface area contributed by atoms with Gasteiger partial charge in [0.25, 0.3) is 11.6 Å². The van der Waals surface area contributed by atoms with Gasteiger partial charge in [-0.2, -0.15) is 0 Å². The molecule has 9 heteroatoms. The highest BCUT2D eigenvalue weighted by Gasteiger charge is 2.18. The summed E-state index contributed by atoms with van der Waals surface area (Å²) in [7, 11) is 0. The average molecular weight is 419 g/mol. The topological polar surface area (TPSA) is 116 Å². The first-order valence-electron chi connectivity index (χ1n) is 8.59. The van der Waals surface area contributed by atoms with Gasteiger partial charge in [0.05, 0.1) is 4.92 Å². The molecule has 152 valence electrons. The van der Waals surface area contributed by atoms with Gasteiger partial charge in [-0.15, -0.1) is 0 Å². The second-order valence-electron chi connectivity index (χ2n) is 6.46. The van der Waals surface area contributed by atoms with Crippen molar-refractivity contribution >= 4 is 34.9 Å². The molecule has 0 atom stereocenters. The van der Waals surface area contributed by atoms with Crippen molar-refractivity contribution in [1.82, 2.24) is 5.32 Å². The Kier molecular flexibility index (Phi) is 7.06. The Hall–Kier alpha value is -3.26. The first kappa shape index (κ1) is 22.0. The number of nitro groups is 1. The van der Waals surface area contributed by atoms with E-state index in [0.29, 0.717) is 5.56 Å². The number of nitrogens with zero attached hydrogens (tertiary/aromatic N) is 1. The Bertz CT molecular complexity index is 979. The van der Waals surface area contributed by atoms with Crippen molar-refractivity contribution in [2.45, 2.75) is 20.8 Å².